The van der Waals surface area contributed by atoms with Crippen LogP contribution in [-0.2, 0) is 12.8 Å². The van der Waals surface area contributed by atoms with Crippen LogP contribution in [0.25, 0.3) is 0 Å². The van der Waals surface area contributed by atoms with E-state index in [0.717, 1.165) is 17.8 Å². The predicted octanol–water partition coefficient (Wildman–Crippen LogP) is 1.77. The summed E-state index contributed by atoms with van der Waals surface area (Å²) in [5.41, 5.74) is 1.63. The smallest absolute Gasteiger partial charge is 0.341 e. The summed E-state index contributed by atoms with van der Waals surface area (Å²) < 4.78 is 5.59. The third-order valence-corrected chi connectivity index (χ3v) is 3.88. The van der Waals surface area contributed by atoms with E-state index in [1.807, 2.05) is 13.8 Å². The number of aryl methyl sites for hydroxylation is 1. The SMILES string of the molecule is CCc1nnc(OCCN(C)C2CC2)c(C(=O)O)c1CC. The van der Waals surface area contributed by atoms with E-state index >= 15 is 0 Å². The Bertz CT molecular complexity index is 515. The minimum absolute atomic E-state index is 0.140. The Balaban J connectivity index is 2.11. The molecule has 1 aliphatic carbocycles. The Kier molecular flexibility index (Phi) is 5.12. The van der Waals surface area contributed by atoms with Gasteiger partial charge < -0.3 is 14.7 Å². The van der Waals surface area contributed by atoms with Gasteiger partial charge in [-0.3, -0.25) is 0 Å². The van der Waals surface area contributed by atoms with Crippen molar-refractivity contribution >= 4 is 5.97 Å². The number of carboxylic acids is 1. The molecule has 21 heavy (non-hydrogen) atoms. The number of rotatable bonds is 8. The lowest BCUT2D eigenvalue weighted by atomic mass is 10.0. The lowest BCUT2D eigenvalue weighted by molar-refractivity contribution is 0.0688. The normalized spacial score (nSPS) is 14.5. The summed E-state index contributed by atoms with van der Waals surface area (Å²) in [6.07, 6.45) is 3.75. The van der Waals surface area contributed by atoms with Crippen LogP contribution in [0.5, 0.6) is 5.88 Å². The molecule has 0 radical (unpaired) electrons. The number of nitrogens with zero attached hydrogens (tertiary/aromatic N) is 3. The number of hydrogen-bond acceptors (Lipinski definition) is 5. The van der Waals surface area contributed by atoms with E-state index in [-0.39, 0.29) is 11.4 Å². The Morgan fingerprint density at radius 2 is 2.05 bits per heavy atom. The van der Waals surface area contributed by atoms with E-state index in [1.54, 1.807) is 0 Å². The molecule has 0 aliphatic heterocycles. The Labute approximate surface area is 125 Å². The maximum absolute atomic E-state index is 11.5. The molecule has 0 unspecified atom stereocenters. The third kappa shape index (κ3) is 3.69. The highest BCUT2D eigenvalue weighted by atomic mass is 16.5. The molecule has 0 spiro atoms. The molecule has 1 aromatic rings. The summed E-state index contributed by atoms with van der Waals surface area (Å²) >= 11 is 0. The molecule has 0 amide bonds. The van der Waals surface area contributed by atoms with E-state index in [9.17, 15) is 9.90 Å². The minimum Gasteiger partial charge on any atom is -0.477 e. The zero-order valence-corrected chi connectivity index (χ0v) is 12.9. The lowest BCUT2D eigenvalue weighted by Gasteiger charge is -2.17. The fourth-order valence-corrected chi connectivity index (χ4v) is 2.46. The van der Waals surface area contributed by atoms with Crippen LogP contribution in [0.2, 0.25) is 0 Å². The van der Waals surface area contributed by atoms with Crippen LogP contribution in [-0.4, -0.2) is 52.4 Å². The third-order valence-electron chi connectivity index (χ3n) is 3.88. The Hall–Kier alpha value is -1.69. The first kappa shape index (κ1) is 15.7. The van der Waals surface area contributed by atoms with Crippen molar-refractivity contribution in [1.29, 1.82) is 0 Å². The molecule has 0 saturated heterocycles. The van der Waals surface area contributed by atoms with Crippen molar-refractivity contribution in [1.82, 2.24) is 15.1 Å². The van der Waals surface area contributed by atoms with Crippen molar-refractivity contribution in [3.8, 4) is 5.88 Å². The molecular formula is C15H23N3O3. The van der Waals surface area contributed by atoms with Crippen LogP contribution in [0.3, 0.4) is 0 Å². The van der Waals surface area contributed by atoms with Gasteiger partial charge in [0.2, 0.25) is 5.88 Å². The van der Waals surface area contributed by atoms with Crippen molar-refractivity contribution in [2.45, 2.75) is 45.6 Å². The minimum atomic E-state index is -0.998. The maximum atomic E-state index is 11.5. The van der Waals surface area contributed by atoms with E-state index in [0.29, 0.717) is 25.5 Å². The Morgan fingerprint density at radius 3 is 2.57 bits per heavy atom. The van der Waals surface area contributed by atoms with Crippen molar-refractivity contribution in [2.75, 3.05) is 20.2 Å². The van der Waals surface area contributed by atoms with Crippen LogP contribution in [0.15, 0.2) is 0 Å². The fraction of sp³-hybridized carbons (Fsp3) is 0.667. The number of aromatic carboxylic acids is 1. The largest absolute Gasteiger partial charge is 0.477 e. The summed E-state index contributed by atoms with van der Waals surface area (Å²) in [5, 5.41) is 17.5. The second kappa shape index (κ2) is 6.85. The van der Waals surface area contributed by atoms with E-state index in [2.05, 4.69) is 22.1 Å². The van der Waals surface area contributed by atoms with E-state index < -0.39 is 5.97 Å². The highest BCUT2D eigenvalue weighted by molar-refractivity contribution is 5.92. The van der Waals surface area contributed by atoms with Gasteiger partial charge in [-0.25, -0.2) is 4.79 Å². The molecule has 1 fully saturated rings. The van der Waals surface area contributed by atoms with Crippen LogP contribution >= 0.6 is 0 Å². The molecule has 0 atom stereocenters. The second-order valence-corrected chi connectivity index (χ2v) is 5.38. The molecule has 6 nitrogen and oxygen atoms in total. The van der Waals surface area contributed by atoms with E-state index in [1.165, 1.54) is 12.8 Å². The number of ether oxygens (including phenoxy) is 1. The van der Waals surface area contributed by atoms with Crippen molar-refractivity contribution in [3.05, 3.63) is 16.8 Å². The van der Waals surface area contributed by atoms with Crippen molar-refractivity contribution < 1.29 is 14.6 Å². The van der Waals surface area contributed by atoms with Gasteiger partial charge in [0, 0.05) is 12.6 Å². The molecule has 1 saturated carbocycles. The zero-order chi connectivity index (χ0) is 15.4. The average molecular weight is 293 g/mol. The zero-order valence-electron chi connectivity index (χ0n) is 12.9. The maximum Gasteiger partial charge on any atom is 0.341 e. The highest BCUT2D eigenvalue weighted by Gasteiger charge is 2.26. The fourth-order valence-electron chi connectivity index (χ4n) is 2.46. The Morgan fingerprint density at radius 1 is 1.33 bits per heavy atom. The first-order chi connectivity index (χ1) is 10.1. The van der Waals surface area contributed by atoms with Gasteiger partial charge in [0.1, 0.15) is 12.2 Å². The van der Waals surface area contributed by atoms with Crippen LogP contribution in [0.4, 0.5) is 0 Å². The molecule has 2 rings (SSSR count). The summed E-state index contributed by atoms with van der Waals surface area (Å²) in [6, 6.07) is 0.660. The van der Waals surface area contributed by atoms with Gasteiger partial charge >= 0.3 is 5.97 Å². The van der Waals surface area contributed by atoms with Gasteiger partial charge in [0.05, 0.1) is 5.69 Å². The van der Waals surface area contributed by atoms with Crippen molar-refractivity contribution in [3.63, 3.8) is 0 Å². The van der Waals surface area contributed by atoms with Crippen LogP contribution < -0.4 is 4.74 Å². The average Bonchev–Trinajstić information content (AvgIpc) is 3.30. The van der Waals surface area contributed by atoms with Gasteiger partial charge in [-0.1, -0.05) is 13.8 Å². The molecular weight excluding hydrogens is 270 g/mol. The molecule has 6 heteroatoms. The first-order valence-corrected chi connectivity index (χ1v) is 7.53. The summed E-state index contributed by atoms with van der Waals surface area (Å²) in [4.78, 5) is 13.8. The van der Waals surface area contributed by atoms with Crippen LogP contribution in [0.1, 0.15) is 48.3 Å². The van der Waals surface area contributed by atoms with Crippen LogP contribution in [0, 0.1) is 0 Å². The molecule has 1 aromatic heterocycles. The number of carbonyl (C=O) groups is 1. The first-order valence-electron chi connectivity index (χ1n) is 7.53. The highest BCUT2D eigenvalue weighted by Crippen LogP contribution is 2.25. The molecule has 1 N–H and O–H groups in total. The molecule has 0 bridgehead atoms. The molecule has 1 heterocycles. The predicted molar refractivity (Wildman–Crippen MR) is 78.9 cm³/mol. The lowest BCUT2D eigenvalue weighted by Crippen LogP contribution is -2.27. The van der Waals surface area contributed by atoms with Crippen molar-refractivity contribution in [2.24, 2.45) is 0 Å². The summed E-state index contributed by atoms with van der Waals surface area (Å²) in [5.74, 6) is -0.859. The van der Waals surface area contributed by atoms with Gasteiger partial charge in [-0.05, 0) is 38.3 Å². The summed E-state index contributed by atoms with van der Waals surface area (Å²) in [7, 11) is 2.06. The van der Waals surface area contributed by atoms with Gasteiger partial charge in [0.25, 0.3) is 0 Å². The molecule has 116 valence electrons. The second-order valence-electron chi connectivity index (χ2n) is 5.38. The summed E-state index contributed by atoms with van der Waals surface area (Å²) in [6.45, 7) is 5.06. The number of likely N-dealkylation sites (N-methyl/N-ethyl adjacent to an activating group) is 1. The topological polar surface area (TPSA) is 75.6 Å². The quantitative estimate of drug-likeness (QED) is 0.787. The molecule has 1 aliphatic rings. The number of hydrogen-bond donors (Lipinski definition) is 1. The number of carboxylic acid groups (broad SMARTS) is 1. The van der Waals surface area contributed by atoms with Gasteiger partial charge in [-0.15, -0.1) is 5.10 Å². The standard InChI is InChI=1S/C15H23N3O3/c1-4-11-12(5-2)16-17-14(13(11)15(19)20)21-9-8-18(3)10-6-7-10/h10H,4-9H2,1-3H3,(H,19,20). The number of aromatic nitrogens is 2. The van der Waals surface area contributed by atoms with E-state index in [4.69, 9.17) is 4.74 Å². The molecule has 0 aromatic carbocycles. The van der Waals surface area contributed by atoms with Gasteiger partial charge in [-0.2, -0.15) is 5.10 Å². The monoisotopic (exact) mass is 293 g/mol. The van der Waals surface area contributed by atoms with Gasteiger partial charge in [0.15, 0.2) is 0 Å².